The average molecular weight is 315 g/mol. The van der Waals surface area contributed by atoms with Gasteiger partial charge >= 0.3 is 37.7 Å². The number of primary amides is 1. The first-order chi connectivity index (χ1) is 10.0. The van der Waals surface area contributed by atoms with Crippen LogP contribution in [-0.4, -0.2) is 32.1 Å². The van der Waals surface area contributed by atoms with E-state index in [-0.39, 0.29) is 49.5 Å². The Morgan fingerprint density at radius 3 is 1.35 bits per heavy atom. The van der Waals surface area contributed by atoms with Gasteiger partial charge in [0.1, 0.15) is 0 Å². The zero-order valence-corrected chi connectivity index (χ0v) is 17.3. The first-order valence-corrected chi connectivity index (χ1v) is 8.57. The minimum Gasteiger partial charge on any atom is -0.662 e. The molecule has 0 saturated carbocycles. The maximum Gasteiger partial charge on any atom is 1.00 e. The number of nitrogens with two attached hydrogens (primary N) is 1. The Labute approximate surface area is 170 Å². The van der Waals surface area contributed by atoms with Crippen molar-refractivity contribution in [1.82, 2.24) is 0 Å². The van der Waals surface area contributed by atoms with Crippen molar-refractivity contribution in [2.45, 2.75) is 73.6 Å². The van der Waals surface area contributed by atoms with Gasteiger partial charge in [0, 0.05) is 5.92 Å². The zero-order chi connectivity index (χ0) is 16.9. The Morgan fingerprint density at radius 1 is 0.870 bits per heavy atom. The van der Waals surface area contributed by atoms with Crippen molar-refractivity contribution in [3.8, 4) is 0 Å². The van der Waals surface area contributed by atoms with Gasteiger partial charge in [-0.15, -0.1) is 13.1 Å². The van der Waals surface area contributed by atoms with Crippen LogP contribution in [0.15, 0.2) is 0 Å². The summed E-state index contributed by atoms with van der Waals surface area (Å²) in [6.45, 7) is 16.4. The number of nitrogens with zero attached hydrogens (tertiary/aromatic N) is 2. The van der Waals surface area contributed by atoms with E-state index in [4.69, 9.17) is 5.73 Å². The molecule has 23 heavy (non-hydrogen) atoms. The molecule has 0 radical (unpaired) electrons. The molecule has 0 fully saturated rings. The molecular formula is C17H39Li2N3O. The van der Waals surface area contributed by atoms with Crippen molar-refractivity contribution in [1.29, 1.82) is 0 Å². The van der Waals surface area contributed by atoms with E-state index in [9.17, 15) is 4.79 Å². The zero-order valence-electron chi connectivity index (χ0n) is 17.3. The van der Waals surface area contributed by atoms with Crippen LogP contribution >= 0.6 is 0 Å². The second kappa shape index (κ2) is 34.0. The first kappa shape index (κ1) is 34.8. The molecule has 1 amide bonds. The van der Waals surface area contributed by atoms with Gasteiger partial charge in [-0.3, -0.25) is 4.79 Å². The van der Waals surface area contributed by atoms with Crippen LogP contribution in [0.1, 0.15) is 73.6 Å². The Kier molecular flexibility index (Phi) is 51.5. The molecule has 0 aromatic carbocycles. The molecule has 2 N–H and O–H groups in total. The molecule has 4 nitrogen and oxygen atoms in total. The van der Waals surface area contributed by atoms with Crippen LogP contribution in [0.4, 0.5) is 0 Å². The third-order valence-corrected chi connectivity index (χ3v) is 2.88. The number of unbranched alkanes of at least 4 members (excludes halogenated alkanes) is 2. The van der Waals surface area contributed by atoms with E-state index in [1.165, 1.54) is 25.7 Å². The monoisotopic (exact) mass is 315 g/mol. The summed E-state index contributed by atoms with van der Waals surface area (Å²) < 4.78 is 0. The first-order valence-electron chi connectivity index (χ1n) is 8.57. The number of hydrogen-bond donors (Lipinski definition) is 1. The average Bonchev–Trinajstić information content (AvgIpc) is 2.49. The summed E-state index contributed by atoms with van der Waals surface area (Å²) in [6, 6.07) is 0. The fraction of sp³-hybridized carbons (Fsp3) is 0.941. The molecule has 0 rings (SSSR count). The standard InChI is InChI=1S/2C6H14N.C5H11NO.2Li/c2*1-3-5-6-7-4-2;1-3-4(2)5(6)7;;/h2*3-6H2,1-2H3;4H,3H2,1-2H3,(H2,6,7);;/q2*-1;;2*+1. The fourth-order valence-electron chi connectivity index (χ4n) is 1.06. The van der Waals surface area contributed by atoms with Crippen molar-refractivity contribution < 1.29 is 42.5 Å². The Morgan fingerprint density at radius 2 is 1.22 bits per heavy atom. The second-order valence-corrected chi connectivity index (χ2v) is 4.95. The molecule has 0 aromatic rings. The summed E-state index contributed by atoms with van der Waals surface area (Å²) in [5.41, 5.74) is 4.91. The smallest absolute Gasteiger partial charge is 0.662 e. The predicted octanol–water partition coefficient (Wildman–Crippen LogP) is -1.11. The van der Waals surface area contributed by atoms with E-state index >= 15 is 0 Å². The van der Waals surface area contributed by atoms with Gasteiger partial charge in [-0.05, 0) is 6.42 Å². The fourth-order valence-corrected chi connectivity index (χ4v) is 1.06. The molecule has 0 bridgehead atoms. The van der Waals surface area contributed by atoms with Gasteiger partial charge in [0.2, 0.25) is 5.91 Å². The van der Waals surface area contributed by atoms with E-state index < -0.39 is 0 Å². The van der Waals surface area contributed by atoms with Gasteiger partial charge < -0.3 is 16.4 Å². The molecule has 1 atom stereocenters. The van der Waals surface area contributed by atoms with Crippen LogP contribution in [0.2, 0.25) is 0 Å². The quantitative estimate of drug-likeness (QED) is 0.403. The van der Waals surface area contributed by atoms with Crippen LogP contribution < -0.4 is 43.5 Å². The summed E-state index contributed by atoms with van der Waals surface area (Å²) >= 11 is 0. The van der Waals surface area contributed by atoms with Crippen molar-refractivity contribution in [3.05, 3.63) is 10.6 Å². The largest absolute Gasteiger partial charge is 1.00 e. The van der Waals surface area contributed by atoms with Gasteiger partial charge in [0.15, 0.2) is 0 Å². The maximum absolute atomic E-state index is 10.2. The Hall–Kier alpha value is 0.585. The molecule has 0 aliphatic rings. The topological polar surface area (TPSA) is 71.3 Å². The van der Waals surface area contributed by atoms with E-state index in [0.717, 1.165) is 32.6 Å². The van der Waals surface area contributed by atoms with E-state index in [0.29, 0.717) is 0 Å². The normalized spacial score (nSPS) is 9.83. The molecule has 0 aliphatic carbocycles. The minimum atomic E-state index is -0.206. The molecule has 0 aliphatic heterocycles. The van der Waals surface area contributed by atoms with E-state index in [2.05, 4.69) is 38.3 Å². The SMILES string of the molecule is CCC(C)C(N)=O.CCCC[N-]CC.CCCC[N-]CC.[Li+].[Li+]. The van der Waals surface area contributed by atoms with Gasteiger partial charge in [-0.25, -0.2) is 0 Å². The van der Waals surface area contributed by atoms with E-state index in [1.54, 1.807) is 0 Å². The molecule has 0 heterocycles. The number of carbonyl (C=O) groups excluding carboxylic acids is 1. The molecule has 1 unspecified atom stereocenters. The molecule has 0 spiro atoms. The van der Waals surface area contributed by atoms with Crippen molar-refractivity contribution in [2.24, 2.45) is 11.7 Å². The minimum absolute atomic E-state index is 0. The Bertz CT molecular complexity index is 179. The van der Waals surface area contributed by atoms with Crippen LogP contribution in [-0.2, 0) is 4.79 Å². The van der Waals surface area contributed by atoms with Crippen molar-refractivity contribution in [3.63, 3.8) is 0 Å². The number of hydrogen-bond acceptors (Lipinski definition) is 1. The molecule has 0 aromatic heterocycles. The van der Waals surface area contributed by atoms with Gasteiger partial charge in [0.25, 0.3) is 0 Å². The molecular weight excluding hydrogens is 276 g/mol. The summed E-state index contributed by atoms with van der Waals surface area (Å²) in [5.74, 6) is -0.164. The summed E-state index contributed by atoms with van der Waals surface area (Å²) in [5, 5.41) is 8.32. The summed E-state index contributed by atoms with van der Waals surface area (Å²) in [6.07, 6.45) is 5.89. The third kappa shape index (κ3) is 45.0. The molecule has 6 heteroatoms. The van der Waals surface area contributed by atoms with E-state index in [1.807, 2.05) is 13.8 Å². The number of rotatable bonds is 10. The molecule has 0 saturated heterocycles. The third-order valence-electron chi connectivity index (χ3n) is 2.88. The van der Waals surface area contributed by atoms with Crippen molar-refractivity contribution in [2.75, 3.05) is 26.2 Å². The van der Waals surface area contributed by atoms with Crippen LogP contribution in [0.3, 0.4) is 0 Å². The van der Waals surface area contributed by atoms with Crippen molar-refractivity contribution >= 4 is 5.91 Å². The van der Waals surface area contributed by atoms with Crippen LogP contribution in [0, 0.1) is 5.92 Å². The van der Waals surface area contributed by atoms with Crippen LogP contribution in [0.5, 0.6) is 0 Å². The predicted molar refractivity (Wildman–Crippen MR) is 96.0 cm³/mol. The maximum atomic E-state index is 10.2. The van der Waals surface area contributed by atoms with Gasteiger partial charge in [-0.1, -0.05) is 67.2 Å². The second-order valence-electron chi connectivity index (χ2n) is 4.95. The number of carbonyl (C=O) groups is 1. The Balaban J connectivity index is -0.0000000675. The van der Waals surface area contributed by atoms with Crippen LogP contribution in [0.25, 0.3) is 10.6 Å². The van der Waals surface area contributed by atoms with Gasteiger partial charge in [-0.2, -0.15) is 13.1 Å². The summed E-state index contributed by atoms with van der Waals surface area (Å²) in [4.78, 5) is 10.2. The summed E-state index contributed by atoms with van der Waals surface area (Å²) in [7, 11) is 0. The number of amides is 1. The molecule has 130 valence electrons. The van der Waals surface area contributed by atoms with Gasteiger partial charge in [0.05, 0.1) is 0 Å².